The lowest BCUT2D eigenvalue weighted by molar-refractivity contribution is 0.417. The molecule has 0 aliphatic carbocycles. The van der Waals surface area contributed by atoms with E-state index >= 15 is 0 Å². The highest BCUT2D eigenvalue weighted by molar-refractivity contribution is 9.10. The summed E-state index contributed by atoms with van der Waals surface area (Å²) in [6.45, 7) is 1.96. The van der Waals surface area contributed by atoms with Gasteiger partial charge >= 0.3 is 0 Å². The van der Waals surface area contributed by atoms with Crippen molar-refractivity contribution < 1.29 is 9.84 Å². The number of aryl methyl sites for hydroxylation is 1. The van der Waals surface area contributed by atoms with E-state index in [4.69, 9.17) is 4.74 Å². The van der Waals surface area contributed by atoms with Crippen molar-refractivity contribution in [2.45, 2.75) is 6.92 Å². The first-order valence-electron chi connectivity index (χ1n) is 9.50. The lowest BCUT2D eigenvalue weighted by Gasteiger charge is -2.20. The van der Waals surface area contributed by atoms with Gasteiger partial charge in [0.25, 0.3) is 0 Å². The zero-order valence-corrected chi connectivity index (χ0v) is 17.7. The summed E-state index contributed by atoms with van der Waals surface area (Å²) in [5.74, 6) is 1.04. The predicted molar refractivity (Wildman–Crippen MR) is 125 cm³/mol. The standard InChI is InChI=1S/C26H19BrO2/c1-15-18-13-11-16-7-3-5-9-19(16)22(18)24(25(27)26(15)28)23-20-10-6-4-8-17(20)12-14-21(23)29-2/h3-14,28H,1-2H3. The third kappa shape index (κ3) is 2.61. The average molecular weight is 443 g/mol. The van der Waals surface area contributed by atoms with Crippen LogP contribution in [0.1, 0.15) is 5.56 Å². The minimum atomic E-state index is 0.262. The SMILES string of the molecule is COc1ccc2ccccc2c1-c1c(Br)c(O)c(C)c2ccc3ccccc3c12. The van der Waals surface area contributed by atoms with E-state index < -0.39 is 0 Å². The van der Waals surface area contributed by atoms with Crippen LogP contribution in [0, 0.1) is 6.92 Å². The summed E-state index contributed by atoms with van der Waals surface area (Å²) in [6.07, 6.45) is 0. The lowest BCUT2D eigenvalue weighted by Crippen LogP contribution is -1.95. The molecule has 0 atom stereocenters. The fourth-order valence-corrected chi connectivity index (χ4v) is 4.98. The summed E-state index contributed by atoms with van der Waals surface area (Å²) >= 11 is 3.72. The summed E-state index contributed by atoms with van der Waals surface area (Å²) < 4.78 is 6.48. The topological polar surface area (TPSA) is 29.5 Å². The molecule has 0 saturated heterocycles. The van der Waals surface area contributed by atoms with Gasteiger partial charge in [-0.2, -0.15) is 0 Å². The van der Waals surface area contributed by atoms with Crippen molar-refractivity contribution in [3.63, 3.8) is 0 Å². The number of phenolic OH excluding ortho intramolecular Hbond substituents is 1. The molecular weight excluding hydrogens is 424 g/mol. The summed E-state index contributed by atoms with van der Waals surface area (Å²) in [6, 6.07) is 24.9. The molecule has 2 nitrogen and oxygen atoms in total. The Morgan fingerprint density at radius 3 is 2.07 bits per heavy atom. The van der Waals surface area contributed by atoms with Crippen LogP contribution in [0.3, 0.4) is 0 Å². The molecule has 0 bridgehead atoms. The Kier molecular flexibility index (Phi) is 4.21. The van der Waals surface area contributed by atoms with Gasteiger partial charge in [0.2, 0.25) is 0 Å². The number of rotatable bonds is 2. The molecule has 142 valence electrons. The number of benzene rings is 5. The summed E-state index contributed by atoms with van der Waals surface area (Å²) in [7, 11) is 1.69. The smallest absolute Gasteiger partial charge is 0.133 e. The zero-order chi connectivity index (χ0) is 20.1. The summed E-state index contributed by atoms with van der Waals surface area (Å²) in [4.78, 5) is 0. The van der Waals surface area contributed by atoms with Crippen LogP contribution in [0.15, 0.2) is 77.3 Å². The third-order valence-electron chi connectivity index (χ3n) is 5.73. The molecule has 29 heavy (non-hydrogen) atoms. The van der Waals surface area contributed by atoms with Crippen molar-refractivity contribution in [2.75, 3.05) is 7.11 Å². The van der Waals surface area contributed by atoms with Crippen LogP contribution >= 0.6 is 15.9 Å². The minimum absolute atomic E-state index is 0.262. The molecule has 0 amide bonds. The number of ether oxygens (including phenoxy) is 1. The maximum atomic E-state index is 11.0. The molecule has 5 rings (SSSR count). The Labute approximate surface area is 177 Å². The number of hydrogen-bond donors (Lipinski definition) is 1. The maximum absolute atomic E-state index is 11.0. The molecule has 0 aromatic heterocycles. The molecule has 0 aliphatic heterocycles. The van der Waals surface area contributed by atoms with Crippen molar-refractivity contribution in [2.24, 2.45) is 0 Å². The Bertz CT molecular complexity index is 1420. The quantitative estimate of drug-likeness (QED) is 0.285. The van der Waals surface area contributed by atoms with E-state index in [9.17, 15) is 5.11 Å². The number of hydrogen-bond acceptors (Lipinski definition) is 2. The maximum Gasteiger partial charge on any atom is 0.133 e. The van der Waals surface area contributed by atoms with Crippen molar-refractivity contribution in [3.8, 4) is 22.6 Å². The fraction of sp³-hybridized carbons (Fsp3) is 0.0769. The molecule has 0 unspecified atom stereocenters. The van der Waals surface area contributed by atoms with E-state index in [1.165, 1.54) is 0 Å². The number of phenols is 1. The highest BCUT2D eigenvalue weighted by atomic mass is 79.9. The van der Waals surface area contributed by atoms with E-state index in [1.807, 2.05) is 25.1 Å². The third-order valence-corrected chi connectivity index (χ3v) is 6.50. The fourth-order valence-electron chi connectivity index (χ4n) is 4.29. The predicted octanol–water partition coefficient (Wildman–Crippen LogP) is 7.60. The Hall–Kier alpha value is -3.04. The molecule has 0 heterocycles. The van der Waals surface area contributed by atoms with E-state index in [0.717, 1.165) is 54.8 Å². The van der Waals surface area contributed by atoms with Crippen LogP contribution in [-0.4, -0.2) is 12.2 Å². The van der Waals surface area contributed by atoms with E-state index in [0.29, 0.717) is 4.47 Å². The first-order chi connectivity index (χ1) is 14.1. The highest BCUT2D eigenvalue weighted by Gasteiger charge is 2.22. The van der Waals surface area contributed by atoms with Crippen LogP contribution in [0.2, 0.25) is 0 Å². The van der Waals surface area contributed by atoms with Crippen LogP contribution < -0.4 is 4.74 Å². The molecule has 0 radical (unpaired) electrons. The van der Waals surface area contributed by atoms with Gasteiger partial charge in [0.15, 0.2) is 0 Å². The Morgan fingerprint density at radius 2 is 1.34 bits per heavy atom. The van der Waals surface area contributed by atoms with Crippen LogP contribution in [-0.2, 0) is 0 Å². The number of methoxy groups -OCH3 is 1. The summed E-state index contributed by atoms with van der Waals surface area (Å²) in [5.41, 5.74) is 2.79. The normalized spacial score (nSPS) is 11.4. The molecule has 0 saturated carbocycles. The second-order valence-corrected chi connectivity index (χ2v) is 8.03. The van der Waals surface area contributed by atoms with Crippen LogP contribution in [0.4, 0.5) is 0 Å². The summed E-state index contributed by atoms with van der Waals surface area (Å²) in [5, 5.41) is 17.6. The molecule has 3 heteroatoms. The monoisotopic (exact) mass is 442 g/mol. The van der Waals surface area contributed by atoms with E-state index in [-0.39, 0.29) is 5.75 Å². The largest absolute Gasteiger partial charge is 0.506 e. The molecule has 5 aromatic carbocycles. The molecule has 1 N–H and O–H groups in total. The van der Waals surface area contributed by atoms with Crippen molar-refractivity contribution in [1.29, 1.82) is 0 Å². The molecular formula is C26H19BrO2. The molecule has 0 fully saturated rings. The highest BCUT2D eigenvalue weighted by Crippen LogP contribution is 2.50. The molecule has 0 aliphatic rings. The first-order valence-corrected chi connectivity index (χ1v) is 10.3. The number of fused-ring (bicyclic) bond motifs is 4. The van der Waals surface area contributed by atoms with Gasteiger partial charge in [0.1, 0.15) is 11.5 Å². The van der Waals surface area contributed by atoms with E-state index in [2.05, 4.69) is 70.5 Å². The van der Waals surface area contributed by atoms with Gasteiger partial charge in [0, 0.05) is 11.1 Å². The van der Waals surface area contributed by atoms with Crippen molar-refractivity contribution >= 4 is 48.2 Å². The van der Waals surface area contributed by atoms with Crippen molar-refractivity contribution in [1.82, 2.24) is 0 Å². The second kappa shape index (κ2) is 6.78. The Balaban J connectivity index is 2.10. The molecule has 0 spiro atoms. The second-order valence-electron chi connectivity index (χ2n) is 7.24. The first kappa shape index (κ1) is 18.0. The van der Waals surface area contributed by atoms with Crippen LogP contribution in [0.5, 0.6) is 11.5 Å². The van der Waals surface area contributed by atoms with Crippen molar-refractivity contribution in [3.05, 3.63) is 82.8 Å². The van der Waals surface area contributed by atoms with Gasteiger partial charge in [-0.15, -0.1) is 0 Å². The number of halogens is 1. The molecule has 5 aromatic rings. The van der Waals surface area contributed by atoms with Gasteiger partial charge in [-0.1, -0.05) is 66.7 Å². The van der Waals surface area contributed by atoms with E-state index in [1.54, 1.807) is 7.11 Å². The van der Waals surface area contributed by atoms with Gasteiger partial charge < -0.3 is 9.84 Å². The average Bonchev–Trinajstić information content (AvgIpc) is 2.77. The minimum Gasteiger partial charge on any atom is -0.506 e. The Morgan fingerprint density at radius 1 is 0.724 bits per heavy atom. The van der Waals surface area contributed by atoms with Gasteiger partial charge in [-0.3, -0.25) is 0 Å². The van der Waals surface area contributed by atoms with Gasteiger partial charge in [0.05, 0.1) is 11.6 Å². The zero-order valence-electron chi connectivity index (χ0n) is 16.2. The van der Waals surface area contributed by atoms with Gasteiger partial charge in [-0.25, -0.2) is 0 Å². The lowest BCUT2D eigenvalue weighted by atomic mass is 9.88. The van der Waals surface area contributed by atoms with Crippen LogP contribution in [0.25, 0.3) is 43.4 Å². The number of aromatic hydroxyl groups is 1. The van der Waals surface area contributed by atoms with Gasteiger partial charge in [-0.05, 0) is 66.8 Å².